The number of amides is 2. The third-order valence-corrected chi connectivity index (χ3v) is 6.10. The summed E-state index contributed by atoms with van der Waals surface area (Å²) in [6.45, 7) is 0.906. The van der Waals surface area contributed by atoms with Gasteiger partial charge in [-0.1, -0.05) is 24.3 Å². The SMILES string of the molecule is COc1ccc(C[C@@H](N)C(=O)N2CCC[C@H]2C(=O)NCc2ccc3c(N)nccc3c2)cc1. The first-order chi connectivity index (χ1) is 16.0. The lowest BCUT2D eigenvalue weighted by Gasteiger charge is -2.27. The lowest BCUT2D eigenvalue weighted by molar-refractivity contribution is -0.139. The fraction of sp³-hybridized carbons (Fsp3) is 0.320. The number of ether oxygens (including phenoxy) is 1. The minimum atomic E-state index is -0.702. The first kappa shape index (κ1) is 22.5. The molecule has 33 heavy (non-hydrogen) atoms. The summed E-state index contributed by atoms with van der Waals surface area (Å²) in [6.07, 6.45) is 3.48. The number of nitrogens with zero attached hydrogens (tertiary/aromatic N) is 2. The molecule has 0 radical (unpaired) electrons. The summed E-state index contributed by atoms with van der Waals surface area (Å²) >= 11 is 0. The fourth-order valence-corrected chi connectivity index (χ4v) is 4.29. The summed E-state index contributed by atoms with van der Waals surface area (Å²) in [7, 11) is 1.61. The van der Waals surface area contributed by atoms with Gasteiger partial charge in [-0.05, 0) is 60.0 Å². The highest BCUT2D eigenvalue weighted by Gasteiger charge is 2.36. The number of pyridine rings is 1. The maximum absolute atomic E-state index is 13.0. The molecule has 1 aliphatic rings. The maximum Gasteiger partial charge on any atom is 0.243 e. The molecule has 8 nitrogen and oxygen atoms in total. The van der Waals surface area contributed by atoms with Crippen molar-refractivity contribution < 1.29 is 14.3 Å². The van der Waals surface area contributed by atoms with E-state index in [2.05, 4.69) is 10.3 Å². The number of nitrogens with one attached hydrogen (secondary N) is 1. The number of benzene rings is 2. The van der Waals surface area contributed by atoms with Gasteiger partial charge in [0.25, 0.3) is 0 Å². The van der Waals surface area contributed by atoms with Crippen molar-refractivity contribution in [3.05, 3.63) is 65.9 Å². The van der Waals surface area contributed by atoms with Crippen molar-refractivity contribution >= 4 is 28.4 Å². The van der Waals surface area contributed by atoms with Gasteiger partial charge in [-0.15, -0.1) is 0 Å². The lowest BCUT2D eigenvalue weighted by atomic mass is 10.0. The van der Waals surface area contributed by atoms with E-state index < -0.39 is 12.1 Å². The lowest BCUT2D eigenvalue weighted by Crippen LogP contribution is -2.51. The zero-order valence-corrected chi connectivity index (χ0v) is 18.7. The van der Waals surface area contributed by atoms with Crippen LogP contribution in [0.5, 0.6) is 5.75 Å². The van der Waals surface area contributed by atoms with Gasteiger partial charge in [0.1, 0.15) is 17.6 Å². The molecule has 1 saturated heterocycles. The minimum absolute atomic E-state index is 0.160. The van der Waals surface area contributed by atoms with Gasteiger partial charge < -0.3 is 26.4 Å². The van der Waals surface area contributed by atoms with Gasteiger partial charge >= 0.3 is 0 Å². The van der Waals surface area contributed by atoms with Crippen molar-refractivity contribution in [2.45, 2.75) is 37.9 Å². The van der Waals surface area contributed by atoms with E-state index in [-0.39, 0.29) is 11.8 Å². The van der Waals surface area contributed by atoms with Crippen LogP contribution < -0.4 is 21.5 Å². The van der Waals surface area contributed by atoms with Crippen LogP contribution >= 0.6 is 0 Å². The van der Waals surface area contributed by atoms with Crippen LogP contribution in [0.4, 0.5) is 5.82 Å². The number of methoxy groups -OCH3 is 1. The van der Waals surface area contributed by atoms with Crippen LogP contribution in [-0.4, -0.2) is 47.4 Å². The highest BCUT2D eigenvalue weighted by atomic mass is 16.5. The standard InChI is InChI=1S/C25H29N5O3/c1-33-19-7-4-16(5-8-19)14-21(26)25(32)30-12-2-3-22(30)24(31)29-15-17-6-9-20-18(13-17)10-11-28-23(20)27/h4-11,13,21-22H,2-3,12,14-15,26H2,1H3,(H2,27,28)(H,29,31)/t21-,22+/m1/s1. The van der Waals surface area contributed by atoms with Crippen molar-refractivity contribution in [3.63, 3.8) is 0 Å². The third kappa shape index (κ3) is 5.06. The molecule has 0 unspecified atom stereocenters. The van der Waals surface area contributed by atoms with Crippen molar-refractivity contribution in [2.24, 2.45) is 5.73 Å². The highest BCUT2D eigenvalue weighted by molar-refractivity contribution is 5.92. The summed E-state index contributed by atoms with van der Waals surface area (Å²) in [6, 6.07) is 14.0. The van der Waals surface area contributed by atoms with Crippen molar-refractivity contribution in [1.29, 1.82) is 0 Å². The van der Waals surface area contributed by atoms with E-state index in [0.29, 0.717) is 31.7 Å². The number of aromatic nitrogens is 1. The molecule has 0 aliphatic carbocycles. The van der Waals surface area contributed by atoms with Crippen LogP contribution in [0.1, 0.15) is 24.0 Å². The molecule has 2 amide bonds. The van der Waals surface area contributed by atoms with Crippen LogP contribution in [0, 0.1) is 0 Å². The van der Waals surface area contributed by atoms with E-state index in [9.17, 15) is 9.59 Å². The van der Waals surface area contributed by atoms with E-state index in [1.54, 1.807) is 18.2 Å². The second-order valence-corrected chi connectivity index (χ2v) is 8.32. The normalized spacial score (nSPS) is 16.5. The van der Waals surface area contributed by atoms with Gasteiger partial charge in [-0.25, -0.2) is 4.98 Å². The number of carbonyl (C=O) groups is 2. The molecule has 0 saturated carbocycles. The average molecular weight is 448 g/mol. The first-order valence-corrected chi connectivity index (χ1v) is 11.1. The molecule has 1 fully saturated rings. The zero-order valence-electron chi connectivity index (χ0n) is 18.7. The fourth-order valence-electron chi connectivity index (χ4n) is 4.29. The van der Waals surface area contributed by atoms with E-state index >= 15 is 0 Å². The van der Waals surface area contributed by atoms with Gasteiger partial charge in [-0.3, -0.25) is 9.59 Å². The van der Waals surface area contributed by atoms with Gasteiger partial charge in [0, 0.05) is 24.7 Å². The van der Waals surface area contributed by atoms with Gasteiger partial charge in [0.05, 0.1) is 13.2 Å². The molecule has 1 aromatic heterocycles. The number of hydrogen-bond donors (Lipinski definition) is 3. The molecule has 5 N–H and O–H groups in total. The Hall–Kier alpha value is -3.65. The highest BCUT2D eigenvalue weighted by Crippen LogP contribution is 2.22. The number of likely N-dealkylation sites (tertiary alicyclic amines) is 1. The quantitative estimate of drug-likeness (QED) is 0.509. The second-order valence-electron chi connectivity index (χ2n) is 8.32. The molecule has 2 heterocycles. The van der Waals surface area contributed by atoms with E-state index in [1.165, 1.54) is 0 Å². The summed E-state index contributed by atoms with van der Waals surface area (Å²) in [4.78, 5) is 31.6. The van der Waals surface area contributed by atoms with Crippen LogP contribution in [-0.2, 0) is 22.6 Å². The smallest absolute Gasteiger partial charge is 0.243 e. The predicted octanol–water partition coefficient (Wildman–Crippen LogP) is 2.00. The van der Waals surface area contributed by atoms with Crippen molar-refractivity contribution in [3.8, 4) is 5.75 Å². The summed E-state index contributed by atoms with van der Waals surface area (Å²) in [5.41, 5.74) is 14.0. The Morgan fingerprint density at radius 1 is 1.18 bits per heavy atom. The predicted molar refractivity (Wildman–Crippen MR) is 127 cm³/mol. The summed E-state index contributed by atoms with van der Waals surface area (Å²) in [5.74, 6) is 0.875. The number of hydrogen-bond acceptors (Lipinski definition) is 6. The van der Waals surface area contributed by atoms with E-state index in [4.69, 9.17) is 16.2 Å². The molecule has 1 aliphatic heterocycles. The van der Waals surface area contributed by atoms with Gasteiger partial charge in [-0.2, -0.15) is 0 Å². The Balaban J connectivity index is 1.36. The number of nitrogen functional groups attached to an aromatic ring is 1. The summed E-state index contributed by atoms with van der Waals surface area (Å²) < 4.78 is 5.17. The van der Waals surface area contributed by atoms with Gasteiger partial charge in [0.2, 0.25) is 11.8 Å². The minimum Gasteiger partial charge on any atom is -0.497 e. The Morgan fingerprint density at radius 2 is 1.94 bits per heavy atom. The number of carbonyl (C=O) groups excluding carboxylic acids is 2. The maximum atomic E-state index is 13.0. The monoisotopic (exact) mass is 447 g/mol. The van der Waals surface area contributed by atoms with Gasteiger partial charge in [0.15, 0.2) is 0 Å². The third-order valence-electron chi connectivity index (χ3n) is 6.10. The molecule has 172 valence electrons. The molecular formula is C25H29N5O3. The largest absolute Gasteiger partial charge is 0.497 e. The van der Waals surface area contributed by atoms with E-state index in [1.807, 2.05) is 48.5 Å². The molecule has 0 bridgehead atoms. The molecule has 4 rings (SSSR count). The van der Waals surface area contributed by atoms with Crippen molar-refractivity contribution in [1.82, 2.24) is 15.2 Å². The van der Waals surface area contributed by atoms with Crippen LogP contribution in [0.25, 0.3) is 10.8 Å². The zero-order chi connectivity index (χ0) is 23.4. The topological polar surface area (TPSA) is 124 Å². The Bertz CT molecular complexity index is 1150. The van der Waals surface area contributed by atoms with Crippen LogP contribution in [0.3, 0.4) is 0 Å². The Kier molecular flexibility index (Phi) is 6.74. The number of anilines is 1. The molecular weight excluding hydrogens is 418 g/mol. The molecule has 8 heteroatoms. The summed E-state index contributed by atoms with van der Waals surface area (Å²) in [5, 5.41) is 4.82. The molecule has 2 atom stereocenters. The van der Waals surface area contributed by atoms with E-state index in [0.717, 1.165) is 34.1 Å². The van der Waals surface area contributed by atoms with Crippen LogP contribution in [0.15, 0.2) is 54.7 Å². The number of fused-ring (bicyclic) bond motifs is 1. The molecule has 3 aromatic rings. The second kappa shape index (κ2) is 9.87. The Morgan fingerprint density at radius 3 is 2.70 bits per heavy atom. The Labute approximate surface area is 192 Å². The molecule has 0 spiro atoms. The molecule has 2 aromatic carbocycles. The number of nitrogens with two attached hydrogens (primary N) is 2. The average Bonchev–Trinajstić information content (AvgIpc) is 3.32. The van der Waals surface area contributed by atoms with Crippen molar-refractivity contribution in [2.75, 3.05) is 19.4 Å². The van der Waals surface area contributed by atoms with Crippen LogP contribution in [0.2, 0.25) is 0 Å². The number of rotatable bonds is 7. The first-order valence-electron chi connectivity index (χ1n) is 11.1.